The van der Waals surface area contributed by atoms with E-state index in [1.54, 1.807) is 11.8 Å². The molecule has 196 valence electrons. The van der Waals surface area contributed by atoms with Gasteiger partial charge in [-0.1, -0.05) is 56.1 Å². The maximum absolute atomic E-state index is 11.2. The lowest BCUT2D eigenvalue weighted by atomic mass is 9.80. The third-order valence-corrected chi connectivity index (χ3v) is 8.78. The van der Waals surface area contributed by atoms with Crippen molar-refractivity contribution in [3.05, 3.63) is 36.2 Å². The van der Waals surface area contributed by atoms with Crippen LogP contribution >= 0.6 is 11.8 Å². The molecule has 0 unspecified atom stereocenters. The highest BCUT2D eigenvalue weighted by atomic mass is 32.2. The molecule has 2 fully saturated rings. The number of carboxylic acid groups (broad SMARTS) is 1. The van der Waals surface area contributed by atoms with Crippen LogP contribution in [-0.2, 0) is 6.54 Å². The SMILES string of the molecule is C[C@@H](Nc1nc(C(=N)NC(=O)O)nc2nc(Sc3ccccc3)n(C[C@H]3CC[C@H](C)CC3)c12)C1CCC1. The lowest BCUT2D eigenvalue weighted by molar-refractivity contribution is 0.200. The van der Waals surface area contributed by atoms with E-state index in [1.807, 2.05) is 18.2 Å². The Hall–Kier alpha value is -3.14. The Bertz CT molecular complexity index is 1270. The molecule has 9 nitrogen and oxygen atoms in total. The van der Waals surface area contributed by atoms with Crippen molar-refractivity contribution in [2.45, 2.75) is 81.4 Å². The smallest absolute Gasteiger partial charge is 0.410 e. The zero-order valence-electron chi connectivity index (χ0n) is 21.4. The first-order valence-electron chi connectivity index (χ1n) is 13.2. The normalized spacial score (nSPS) is 20.8. The topological polar surface area (TPSA) is 129 Å². The summed E-state index contributed by atoms with van der Waals surface area (Å²) in [6.07, 6.45) is 7.13. The molecule has 0 aliphatic heterocycles. The van der Waals surface area contributed by atoms with Crippen LogP contribution in [0.2, 0.25) is 0 Å². The number of rotatable bonds is 8. The van der Waals surface area contributed by atoms with Crippen LogP contribution in [0.1, 0.15) is 64.6 Å². The molecule has 2 aliphatic rings. The molecular formula is C27H35N7O2S. The van der Waals surface area contributed by atoms with Crippen molar-refractivity contribution in [1.82, 2.24) is 24.8 Å². The fraction of sp³-hybridized carbons (Fsp3) is 0.519. The average Bonchev–Trinajstić information content (AvgIpc) is 3.16. The van der Waals surface area contributed by atoms with Gasteiger partial charge in [-0.05, 0) is 62.5 Å². The first-order valence-corrected chi connectivity index (χ1v) is 14.1. The Morgan fingerprint density at radius 2 is 1.86 bits per heavy atom. The minimum atomic E-state index is -1.32. The van der Waals surface area contributed by atoms with Crippen molar-refractivity contribution >= 4 is 40.7 Å². The molecule has 1 amide bonds. The van der Waals surface area contributed by atoms with Crippen LogP contribution in [0.15, 0.2) is 40.4 Å². The molecular weight excluding hydrogens is 486 g/mol. The number of nitrogens with one attached hydrogen (secondary N) is 3. The fourth-order valence-corrected chi connectivity index (χ4v) is 6.19. The van der Waals surface area contributed by atoms with Gasteiger partial charge in [0, 0.05) is 17.5 Å². The lowest BCUT2D eigenvalue weighted by Crippen LogP contribution is -2.33. The molecule has 0 saturated heterocycles. The number of amides is 1. The van der Waals surface area contributed by atoms with E-state index in [4.69, 9.17) is 15.5 Å². The Kier molecular flexibility index (Phi) is 7.64. The van der Waals surface area contributed by atoms with E-state index >= 15 is 0 Å². The third-order valence-electron chi connectivity index (χ3n) is 7.77. The van der Waals surface area contributed by atoms with Gasteiger partial charge in [0.25, 0.3) is 0 Å². The van der Waals surface area contributed by atoms with Gasteiger partial charge in [-0.3, -0.25) is 10.7 Å². The Morgan fingerprint density at radius 3 is 2.51 bits per heavy atom. The molecule has 2 aromatic heterocycles. The van der Waals surface area contributed by atoms with Gasteiger partial charge >= 0.3 is 6.09 Å². The van der Waals surface area contributed by atoms with Gasteiger partial charge in [0.2, 0.25) is 0 Å². The summed E-state index contributed by atoms with van der Waals surface area (Å²) in [5.74, 6) is 2.17. The minimum absolute atomic E-state index is 0.0191. The molecule has 5 rings (SSSR count). The Labute approximate surface area is 221 Å². The van der Waals surface area contributed by atoms with Crippen LogP contribution in [0.4, 0.5) is 10.6 Å². The molecule has 2 heterocycles. The molecule has 1 aromatic carbocycles. The van der Waals surface area contributed by atoms with Crippen LogP contribution in [0.5, 0.6) is 0 Å². The van der Waals surface area contributed by atoms with E-state index in [-0.39, 0.29) is 17.7 Å². The Morgan fingerprint density at radius 1 is 1.14 bits per heavy atom. The number of anilines is 1. The lowest BCUT2D eigenvalue weighted by Gasteiger charge is -2.32. The summed E-state index contributed by atoms with van der Waals surface area (Å²) in [5, 5.41) is 23.9. The highest BCUT2D eigenvalue weighted by Gasteiger charge is 2.28. The van der Waals surface area contributed by atoms with E-state index < -0.39 is 6.09 Å². The predicted octanol–water partition coefficient (Wildman–Crippen LogP) is 6.00. The van der Waals surface area contributed by atoms with Gasteiger partial charge in [-0.15, -0.1) is 0 Å². The van der Waals surface area contributed by atoms with Crippen molar-refractivity contribution in [1.29, 1.82) is 5.41 Å². The summed E-state index contributed by atoms with van der Waals surface area (Å²) in [7, 11) is 0. The van der Waals surface area contributed by atoms with E-state index in [1.165, 1.54) is 44.9 Å². The summed E-state index contributed by atoms with van der Waals surface area (Å²) >= 11 is 1.60. The summed E-state index contributed by atoms with van der Waals surface area (Å²) < 4.78 is 2.25. The molecule has 37 heavy (non-hydrogen) atoms. The number of aromatic nitrogens is 4. The van der Waals surface area contributed by atoms with E-state index in [9.17, 15) is 4.79 Å². The largest absolute Gasteiger partial charge is 0.465 e. The summed E-state index contributed by atoms with van der Waals surface area (Å²) in [5.41, 5.74) is 1.31. The van der Waals surface area contributed by atoms with Gasteiger partial charge < -0.3 is 15.0 Å². The number of carbonyl (C=O) groups is 1. The zero-order valence-corrected chi connectivity index (χ0v) is 22.2. The number of amidine groups is 1. The van der Waals surface area contributed by atoms with Crippen LogP contribution < -0.4 is 10.6 Å². The molecule has 0 bridgehead atoms. The third kappa shape index (κ3) is 5.89. The first kappa shape index (κ1) is 25.5. The van der Waals surface area contributed by atoms with E-state index in [2.05, 4.69) is 51.1 Å². The Balaban J connectivity index is 1.59. The summed E-state index contributed by atoms with van der Waals surface area (Å²) in [6, 6.07) is 10.4. The monoisotopic (exact) mass is 521 g/mol. The first-order chi connectivity index (χ1) is 17.9. The summed E-state index contributed by atoms with van der Waals surface area (Å²) in [6.45, 7) is 5.33. The van der Waals surface area contributed by atoms with Gasteiger partial charge in [-0.25, -0.2) is 19.7 Å². The number of nitrogens with zero attached hydrogens (tertiary/aromatic N) is 4. The maximum Gasteiger partial charge on any atom is 0.410 e. The number of hydrogen-bond donors (Lipinski definition) is 4. The van der Waals surface area contributed by atoms with Crippen LogP contribution in [0, 0.1) is 23.2 Å². The van der Waals surface area contributed by atoms with Crippen LogP contribution in [0.3, 0.4) is 0 Å². The molecule has 10 heteroatoms. The van der Waals surface area contributed by atoms with Crippen molar-refractivity contribution in [3.63, 3.8) is 0 Å². The molecule has 4 N–H and O–H groups in total. The molecule has 2 aliphatic carbocycles. The van der Waals surface area contributed by atoms with Crippen molar-refractivity contribution in [3.8, 4) is 0 Å². The molecule has 0 spiro atoms. The predicted molar refractivity (Wildman–Crippen MR) is 145 cm³/mol. The maximum atomic E-state index is 11.2. The van der Waals surface area contributed by atoms with Crippen LogP contribution in [-0.4, -0.2) is 42.6 Å². The molecule has 3 aromatic rings. The summed E-state index contributed by atoms with van der Waals surface area (Å²) in [4.78, 5) is 26.4. The molecule has 0 radical (unpaired) electrons. The van der Waals surface area contributed by atoms with Crippen LogP contribution in [0.25, 0.3) is 11.2 Å². The standard InChI is InChI=1S/C27H35N7O2S/c1-16-11-13-18(14-12-16)15-34-21-23(29-17(2)19-7-6-8-19)31-25(22(28)30-27(35)36)32-24(21)33-26(34)37-20-9-4-3-5-10-20/h3-5,9-10,16-19H,6-8,11-15H2,1-2H3,(H2,28,30)(H,35,36)(H,29,31,32)/t16-,17-,18-/m1/s1. The minimum Gasteiger partial charge on any atom is -0.465 e. The molecule has 1 atom stereocenters. The van der Waals surface area contributed by atoms with Gasteiger partial charge in [-0.2, -0.15) is 0 Å². The van der Waals surface area contributed by atoms with Gasteiger partial charge in [0.05, 0.1) is 0 Å². The van der Waals surface area contributed by atoms with Gasteiger partial charge in [0.15, 0.2) is 28.3 Å². The number of fused-ring (bicyclic) bond motifs is 1. The number of hydrogen-bond acceptors (Lipinski definition) is 7. The second-order valence-electron chi connectivity index (χ2n) is 10.5. The van der Waals surface area contributed by atoms with Crippen molar-refractivity contribution in [2.75, 3.05) is 5.32 Å². The quantitative estimate of drug-likeness (QED) is 0.211. The van der Waals surface area contributed by atoms with E-state index in [0.29, 0.717) is 23.3 Å². The second kappa shape index (κ2) is 11.1. The highest BCUT2D eigenvalue weighted by molar-refractivity contribution is 7.99. The zero-order chi connectivity index (χ0) is 25.9. The average molecular weight is 522 g/mol. The van der Waals surface area contributed by atoms with Crippen molar-refractivity contribution < 1.29 is 9.90 Å². The fourth-order valence-electron chi connectivity index (χ4n) is 5.28. The highest BCUT2D eigenvalue weighted by Crippen LogP contribution is 2.37. The van der Waals surface area contributed by atoms with Crippen molar-refractivity contribution in [2.24, 2.45) is 17.8 Å². The second-order valence-corrected chi connectivity index (χ2v) is 11.6. The van der Waals surface area contributed by atoms with Gasteiger partial charge in [0.1, 0.15) is 5.52 Å². The number of benzene rings is 1. The number of imidazole rings is 1. The van der Waals surface area contributed by atoms with E-state index in [0.717, 1.165) is 28.0 Å². The molecule has 2 saturated carbocycles.